The molecule has 0 saturated heterocycles. The fourth-order valence-corrected chi connectivity index (χ4v) is 3.29. The quantitative estimate of drug-likeness (QED) is 0.187. The standard InChI is InChI=1S/C24H38O4/c1-4-7-8-9-10-11-12-19-23(25)27-21-17-13-14-18-22(21)28-24(26)20(15-5-2)16-6-3/h13-14,17-18,20H,4-12,15-16,19H2,1-3H3. The van der Waals surface area contributed by atoms with E-state index in [1.807, 2.05) is 0 Å². The lowest BCUT2D eigenvalue weighted by molar-refractivity contribution is -0.140. The van der Waals surface area contributed by atoms with Crippen molar-refractivity contribution in [2.24, 2.45) is 5.92 Å². The van der Waals surface area contributed by atoms with Gasteiger partial charge in [-0.25, -0.2) is 0 Å². The molecular formula is C24H38O4. The number of hydrogen-bond acceptors (Lipinski definition) is 4. The van der Waals surface area contributed by atoms with Gasteiger partial charge in [0.1, 0.15) is 0 Å². The molecule has 0 fully saturated rings. The van der Waals surface area contributed by atoms with Gasteiger partial charge in [-0.3, -0.25) is 9.59 Å². The first-order valence-electron chi connectivity index (χ1n) is 11.1. The van der Waals surface area contributed by atoms with Crippen molar-refractivity contribution >= 4 is 11.9 Å². The number of ether oxygens (including phenoxy) is 2. The lowest BCUT2D eigenvalue weighted by Gasteiger charge is -2.16. The third-order valence-electron chi connectivity index (χ3n) is 4.88. The average molecular weight is 391 g/mol. The van der Waals surface area contributed by atoms with E-state index in [2.05, 4.69) is 20.8 Å². The van der Waals surface area contributed by atoms with Gasteiger partial charge in [-0.15, -0.1) is 0 Å². The molecule has 28 heavy (non-hydrogen) atoms. The van der Waals surface area contributed by atoms with Gasteiger partial charge < -0.3 is 9.47 Å². The van der Waals surface area contributed by atoms with Crippen LogP contribution < -0.4 is 9.47 Å². The largest absolute Gasteiger partial charge is 0.423 e. The predicted molar refractivity (Wildman–Crippen MR) is 114 cm³/mol. The molecule has 0 amide bonds. The molecule has 0 aliphatic rings. The number of esters is 2. The van der Waals surface area contributed by atoms with Gasteiger partial charge in [0.25, 0.3) is 0 Å². The fraction of sp³-hybridized carbons (Fsp3) is 0.667. The van der Waals surface area contributed by atoms with Crippen LogP contribution in [0.5, 0.6) is 11.5 Å². The van der Waals surface area contributed by atoms with Gasteiger partial charge in [-0.2, -0.15) is 0 Å². The molecule has 4 nitrogen and oxygen atoms in total. The molecule has 0 heterocycles. The van der Waals surface area contributed by atoms with Crippen LogP contribution >= 0.6 is 0 Å². The maximum Gasteiger partial charge on any atom is 0.314 e. The summed E-state index contributed by atoms with van der Waals surface area (Å²) >= 11 is 0. The second kappa shape index (κ2) is 15.1. The molecule has 4 heteroatoms. The van der Waals surface area contributed by atoms with Gasteiger partial charge in [-0.05, 0) is 31.4 Å². The lowest BCUT2D eigenvalue weighted by atomic mass is 9.99. The maximum atomic E-state index is 12.5. The molecule has 0 bridgehead atoms. The average Bonchev–Trinajstić information content (AvgIpc) is 2.68. The highest BCUT2D eigenvalue weighted by Gasteiger charge is 2.21. The molecule has 0 aliphatic carbocycles. The number of carbonyl (C=O) groups is 2. The molecule has 1 rings (SSSR count). The summed E-state index contributed by atoms with van der Waals surface area (Å²) < 4.78 is 11.1. The molecule has 0 unspecified atom stereocenters. The number of carbonyl (C=O) groups excluding carboxylic acids is 2. The Kier molecular flexibility index (Phi) is 13.1. The highest BCUT2D eigenvalue weighted by Crippen LogP contribution is 2.29. The van der Waals surface area contributed by atoms with E-state index in [0.29, 0.717) is 17.9 Å². The van der Waals surface area contributed by atoms with E-state index in [9.17, 15) is 9.59 Å². The van der Waals surface area contributed by atoms with E-state index in [4.69, 9.17) is 9.47 Å². The monoisotopic (exact) mass is 390 g/mol. The van der Waals surface area contributed by atoms with Crippen LogP contribution in [0.15, 0.2) is 24.3 Å². The van der Waals surface area contributed by atoms with Crippen LogP contribution in [0, 0.1) is 5.92 Å². The zero-order valence-electron chi connectivity index (χ0n) is 18.0. The molecule has 0 N–H and O–H groups in total. The number of rotatable bonds is 15. The zero-order chi connectivity index (χ0) is 20.6. The summed E-state index contributed by atoms with van der Waals surface area (Å²) in [5, 5.41) is 0. The van der Waals surface area contributed by atoms with Crippen molar-refractivity contribution in [1.82, 2.24) is 0 Å². The van der Waals surface area contributed by atoms with Crippen molar-refractivity contribution in [3.05, 3.63) is 24.3 Å². The second-order valence-corrected chi connectivity index (χ2v) is 7.49. The Balaban J connectivity index is 2.49. The van der Waals surface area contributed by atoms with Crippen LogP contribution in [0.3, 0.4) is 0 Å². The van der Waals surface area contributed by atoms with Crippen molar-refractivity contribution in [3.63, 3.8) is 0 Å². The zero-order valence-corrected chi connectivity index (χ0v) is 18.0. The van der Waals surface area contributed by atoms with E-state index in [-0.39, 0.29) is 17.9 Å². The first kappa shape index (κ1) is 24.2. The first-order valence-corrected chi connectivity index (χ1v) is 11.1. The van der Waals surface area contributed by atoms with Crippen molar-refractivity contribution in [1.29, 1.82) is 0 Å². The van der Waals surface area contributed by atoms with E-state index in [0.717, 1.165) is 44.9 Å². The smallest absolute Gasteiger partial charge is 0.314 e. The van der Waals surface area contributed by atoms with Gasteiger partial charge >= 0.3 is 11.9 Å². The molecule has 0 aliphatic heterocycles. The van der Waals surface area contributed by atoms with Crippen LogP contribution in [0.4, 0.5) is 0 Å². The highest BCUT2D eigenvalue weighted by molar-refractivity contribution is 5.77. The Morgan fingerprint density at radius 2 is 1.29 bits per heavy atom. The summed E-state index contributed by atoms with van der Waals surface area (Å²) in [6.45, 7) is 6.34. The Bertz CT molecular complexity index is 561. The van der Waals surface area contributed by atoms with E-state index < -0.39 is 0 Å². The Morgan fingerprint density at radius 1 is 0.750 bits per heavy atom. The topological polar surface area (TPSA) is 52.6 Å². The molecule has 0 aromatic heterocycles. The highest BCUT2D eigenvalue weighted by atomic mass is 16.6. The Labute approximate surface area is 171 Å². The molecule has 1 aromatic carbocycles. The van der Waals surface area contributed by atoms with E-state index >= 15 is 0 Å². The molecule has 1 aromatic rings. The third kappa shape index (κ3) is 9.91. The van der Waals surface area contributed by atoms with Gasteiger partial charge in [0.15, 0.2) is 11.5 Å². The van der Waals surface area contributed by atoms with Crippen LogP contribution in [-0.4, -0.2) is 11.9 Å². The number of benzene rings is 1. The SMILES string of the molecule is CCCCCCCCCC(=O)Oc1ccccc1OC(=O)C(CCC)CCC. The van der Waals surface area contributed by atoms with E-state index in [1.54, 1.807) is 24.3 Å². The second-order valence-electron chi connectivity index (χ2n) is 7.49. The third-order valence-corrected chi connectivity index (χ3v) is 4.88. The molecule has 0 radical (unpaired) electrons. The number of hydrogen-bond donors (Lipinski definition) is 0. The summed E-state index contributed by atoms with van der Waals surface area (Å²) in [5.74, 6) is 0.0506. The summed E-state index contributed by atoms with van der Waals surface area (Å²) in [6.07, 6.45) is 12.0. The lowest BCUT2D eigenvalue weighted by Crippen LogP contribution is -2.21. The Morgan fingerprint density at radius 3 is 1.86 bits per heavy atom. The van der Waals surface area contributed by atoms with Crippen molar-refractivity contribution in [2.45, 2.75) is 97.8 Å². The molecule has 0 saturated carbocycles. The van der Waals surface area contributed by atoms with E-state index in [1.165, 1.54) is 25.7 Å². The molecule has 0 atom stereocenters. The molecular weight excluding hydrogens is 352 g/mol. The summed E-state index contributed by atoms with van der Waals surface area (Å²) in [5.41, 5.74) is 0. The number of unbranched alkanes of at least 4 members (excludes halogenated alkanes) is 6. The minimum absolute atomic E-state index is 0.105. The fourth-order valence-electron chi connectivity index (χ4n) is 3.29. The summed E-state index contributed by atoms with van der Waals surface area (Å²) in [7, 11) is 0. The normalized spacial score (nSPS) is 10.9. The minimum Gasteiger partial charge on any atom is -0.423 e. The van der Waals surface area contributed by atoms with Crippen LogP contribution in [-0.2, 0) is 9.59 Å². The van der Waals surface area contributed by atoms with Gasteiger partial charge in [0.2, 0.25) is 0 Å². The van der Waals surface area contributed by atoms with Crippen LogP contribution in [0.25, 0.3) is 0 Å². The van der Waals surface area contributed by atoms with Crippen molar-refractivity contribution < 1.29 is 19.1 Å². The van der Waals surface area contributed by atoms with Gasteiger partial charge in [0, 0.05) is 6.42 Å². The predicted octanol–water partition coefficient (Wildman–Crippen LogP) is 6.85. The summed E-state index contributed by atoms with van der Waals surface area (Å²) in [4.78, 5) is 24.6. The van der Waals surface area contributed by atoms with Gasteiger partial charge in [-0.1, -0.05) is 84.3 Å². The van der Waals surface area contributed by atoms with Crippen LogP contribution in [0.1, 0.15) is 97.8 Å². The van der Waals surface area contributed by atoms with Gasteiger partial charge in [0.05, 0.1) is 5.92 Å². The van der Waals surface area contributed by atoms with Crippen LogP contribution in [0.2, 0.25) is 0 Å². The Hall–Kier alpha value is -1.84. The summed E-state index contributed by atoms with van der Waals surface area (Å²) in [6, 6.07) is 6.93. The first-order chi connectivity index (χ1) is 13.6. The van der Waals surface area contributed by atoms with Crippen molar-refractivity contribution in [3.8, 4) is 11.5 Å². The van der Waals surface area contributed by atoms with Crippen molar-refractivity contribution in [2.75, 3.05) is 0 Å². The molecule has 158 valence electrons. The molecule has 0 spiro atoms. The number of para-hydroxylation sites is 2. The minimum atomic E-state index is -0.268. The maximum absolute atomic E-state index is 12.5.